The Bertz CT molecular complexity index is 719. The van der Waals surface area contributed by atoms with Crippen molar-refractivity contribution in [3.8, 4) is 0 Å². The Hall–Kier alpha value is -2.69. The SMILES string of the molecule is CCC(C)C(NC(=O)c1ccccc1)C(=O)NCc1ccccc1F. The van der Waals surface area contributed by atoms with Crippen LogP contribution in [0.4, 0.5) is 4.39 Å². The number of carbonyl (C=O) groups is 2. The lowest BCUT2D eigenvalue weighted by molar-refractivity contribution is -0.124. The number of halogens is 1. The highest BCUT2D eigenvalue weighted by molar-refractivity contribution is 5.97. The summed E-state index contributed by atoms with van der Waals surface area (Å²) in [6, 6.07) is 14.4. The first-order valence-corrected chi connectivity index (χ1v) is 8.40. The van der Waals surface area contributed by atoms with Crippen LogP contribution in [-0.2, 0) is 11.3 Å². The van der Waals surface area contributed by atoms with Crippen LogP contribution in [0.3, 0.4) is 0 Å². The molecule has 0 aliphatic rings. The summed E-state index contributed by atoms with van der Waals surface area (Å²) >= 11 is 0. The third-order valence-corrected chi connectivity index (χ3v) is 4.23. The van der Waals surface area contributed by atoms with Crippen LogP contribution in [0, 0.1) is 11.7 Å². The van der Waals surface area contributed by atoms with Gasteiger partial charge in [-0.3, -0.25) is 9.59 Å². The molecule has 2 aromatic rings. The molecule has 2 aromatic carbocycles. The zero-order chi connectivity index (χ0) is 18.2. The molecule has 2 atom stereocenters. The van der Waals surface area contributed by atoms with Gasteiger partial charge in [-0.15, -0.1) is 0 Å². The number of nitrogens with one attached hydrogen (secondary N) is 2. The Labute approximate surface area is 147 Å². The van der Waals surface area contributed by atoms with Crippen molar-refractivity contribution in [1.82, 2.24) is 10.6 Å². The minimum absolute atomic E-state index is 0.0479. The maximum Gasteiger partial charge on any atom is 0.251 e. The number of hydrogen-bond donors (Lipinski definition) is 2. The fourth-order valence-corrected chi connectivity index (χ4v) is 2.45. The fourth-order valence-electron chi connectivity index (χ4n) is 2.45. The lowest BCUT2D eigenvalue weighted by Gasteiger charge is -2.23. The molecule has 2 N–H and O–H groups in total. The molecule has 4 nitrogen and oxygen atoms in total. The molecule has 5 heteroatoms. The van der Waals surface area contributed by atoms with Crippen LogP contribution in [0.15, 0.2) is 54.6 Å². The number of amides is 2. The quantitative estimate of drug-likeness (QED) is 0.811. The average molecular weight is 342 g/mol. The first-order chi connectivity index (χ1) is 12.0. The van der Waals surface area contributed by atoms with Crippen molar-refractivity contribution >= 4 is 11.8 Å². The first-order valence-electron chi connectivity index (χ1n) is 8.40. The van der Waals surface area contributed by atoms with E-state index in [1.54, 1.807) is 42.5 Å². The second-order valence-corrected chi connectivity index (χ2v) is 6.01. The van der Waals surface area contributed by atoms with Crippen LogP contribution < -0.4 is 10.6 Å². The molecule has 132 valence electrons. The summed E-state index contributed by atoms with van der Waals surface area (Å²) in [5.74, 6) is -1.03. The smallest absolute Gasteiger partial charge is 0.251 e. The highest BCUT2D eigenvalue weighted by Gasteiger charge is 2.26. The van der Waals surface area contributed by atoms with Crippen molar-refractivity contribution in [2.24, 2.45) is 5.92 Å². The minimum Gasteiger partial charge on any atom is -0.350 e. The first kappa shape index (κ1) is 18.6. The molecule has 25 heavy (non-hydrogen) atoms. The molecule has 0 heterocycles. The van der Waals surface area contributed by atoms with E-state index in [1.165, 1.54) is 6.07 Å². The molecule has 0 aliphatic heterocycles. The van der Waals surface area contributed by atoms with E-state index in [4.69, 9.17) is 0 Å². The molecule has 0 saturated heterocycles. The molecule has 0 aromatic heterocycles. The number of hydrogen-bond acceptors (Lipinski definition) is 2. The third-order valence-electron chi connectivity index (χ3n) is 4.23. The third kappa shape index (κ3) is 5.14. The van der Waals surface area contributed by atoms with Gasteiger partial charge in [-0.25, -0.2) is 4.39 Å². The number of benzene rings is 2. The van der Waals surface area contributed by atoms with Gasteiger partial charge in [-0.05, 0) is 24.1 Å². The normalized spacial score (nSPS) is 12.9. The van der Waals surface area contributed by atoms with Crippen LogP contribution in [0.2, 0.25) is 0 Å². The van der Waals surface area contributed by atoms with E-state index in [0.717, 1.165) is 6.42 Å². The molecule has 0 spiro atoms. The predicted molar refractivity (Wildman–Crippen MR) is 95.4 cm³/mol. The van der Waals surface area contributed by atoms with E-state index in [-0.39, 0.29) is 30.1 Å². The Morgan fingerprint density at radius 2 is 1.68 bits per heavy atom. The van der Waals surface area contributed by atoms with Crippen LogP contribution in [0.25, 0.3) is 0 Å². The highest BCUT2D eigenvalue weighted by Crippen LogP contribution is 2.11. The van der Waals surface area contributed by atoms with Gasteiger partial charge in [-0.2, -0.15) is 0 Å². The molecule has 0 saturated carbocycles. The monoisotopic (exact) mass is 342 g/mol. The van der Waals surface area contributed by atoms with Gasteiger partial charge in [-0.1, -0.05) is 56.7 Å². The van der Waals surface area contributed by atoms with Crippen molar-refractivity contribution in [1.29, 1.82) is 0 Å². The second kappa shape index (κ2) is 8.97. The summed E-state index contributed by atoms with van der Waals surface area (Å²) in [7, 11) is 0. The van der Waals surface area contributed by atoms with E-state index in [9.17, 15) is 14.0 Å². The Kier molecular flexibility index (Phi) is 6.69. The summed E-state index contributed by atoms with van der Waals surface area (Å²) in [5.41, 5.74) is 0.908. The van der Waals surface area contributed by atoms with Gasteiger partial charge >= 0.3 is 0 Å². The Morgan fingerprint density at radius 3 is 2.32 bits per heavy atom. The minimum atomic E-state index is -0.676. The summed E-state index contributed by atoms with van der Waals surface area (Å²) in [5, 5.41) is 5.51. The number of carbonyl (C=O) groups excluding carboxylic acids is 2. The van der Waals surface area contributed by atoms with E-state index in [2.05, 4.69) is 10.6 Å². The predicted octanol–water partition coefficient (Wildman–Crippen LogP) is 3.29. The molecular weight excluding hydrogens is 319 g/mol. The Balaban J connectivity index is 2.05. The summed E-state index contributed by atoms with van der Waals surface area (Å²) in [6.45, 7) is 3.94. The number of rotatable bonds is 7. The van der Waals surface area contributed by atoms with Crippen molar-refractivity contribution < 1.29 is 14.0 Å². The standard InChI is InChI=1S/C20H23FN2O2/c1-3-14(2)18(23-19(24)15-9-5-4-6-10-15)20(25)22-13-16-11-7-8-12-17(16)21/h4-12,14,18H,3,13H2,1-2H3,(H,22,25)(H,23,24). The zero-order valence-electron chi connectivity index (χ0n) is 14.5. The van der Waals surface area contributed by atoms with Crippen LogP contribution in [-0.4, -0.2) is 17.9 Å². The largest absolute Gasteiger partial charge is 0.350 e. The molecule has 0 aliphatic carbocycles. The fraction of sp³-hybridized carbons (Fsp3) is 0.300. The lowest BCUT2D eigenvalue weighted by Crippen LogP contribution is -2.50. The molecule has 0 fully saturated rings. The topological polar surface area (TPSA) is 58.2 Å². The molecular formula is C20H23FN2O2. The molecule has 0 radical (unpaired) electrons. The molecule has 2 rings (SSSR count). The maximum atomic E-state index is 13.7. The van der Waals surface area contributed by atoms with Crippen LogP contribution >= 0.6 is 0 Å². The van der Waals surface area contributed by atoms with E-state index in [1.807, 2.05) is 19.9 Å². The van der Waals surface area contributed by atoms with E-state index in [0.29, 0.717) is 11.1 Å². The van der Waals surface area contributed by atoms with Gasteiger partial charge < -0.3 is 10.6 Å². The van der Waals surface area contributed by atoms with Gasteiger partial charge in [0.05, 0.1) is 0 Å². The van der Waals surface area contributed by atoms with Gasteiger partial charge in [0.15, 0.2) is 0 Å². The van der Waals surface area contributed by atoms with Gasteiger partial charge in [0.25, 0.3) is 5.91 Å². The van der Waals surface area contributed by atoms with Crippen molar-refractivity contribution in [3.63, 3.8) is 0 Å². The summed E-state index contributed by atoms with van der Waals surface area (Å²) in [6.07, 6.45) is 0.729. The second-order valence-electron chi connectivity index (χ2n) is 6.01. The van der Waals surface area contributed by atoms with Crippen molar-refractivity contribution in [3.05, 3.63) is 71.5 Å². The van der Waals surface area contributed by atoms with E-state index < -0.39 is 6.04 Å². The summed E-state index contributed by atoms with van der Waals surface area (Å²) < 4.78 is 13.7. The van der Waals surface area contributed by atoms with Crippen LogP contribution in [0.1, 0.15) is 36.2 Å². The zero-order valence-corrected chi connectivity index (χ0v) is 14.5. The molecule has 2 amide bonds. The van der Waals surface area contributed by atoms with Gasteiger partial charge in [0.2, 0.25) is 5.91 Å². The van der Waals surface area contributed by atoms with Gasteiger partial charge in [0.1, 0.15) is 11.9 Å². The highest BCUT2D eigenvalue weighted by atomic mass is 19.1. The lowest BCUT2D eigenvalue weighted by atomic mass is 9.97. The summed E-state index contributed by atoms with van der Waals surface area (Å²) in [4.78, 5) is 24.9. The maximum absolute atomic E-state index is 13.7. The van der Waals surface area contributed by atoms with E-state index >= 15 is 0 Å². The van der Waals surface area contributed by atoms with Gasteiger partial charge in [0, 0.05) is 17.7 Å². The Morgan fingerprint density at radius 1 is 1.04 bits per heavy atom. The molecule has 2 unspecified atom stereocenters. The van der Waals surface area contributed by atoms with Crippen molar-refractivity contribution in [2.45, 2.75) is 32.9 Å². The van der Waals surface area contributed by atoms with Crippen molar-refractivity contribution in [2.75, 3.05) is 0 Å². The average Bonchev–Trinajstić information content (AvgIpc) is 2.65. The van der Waals surface area contributed by atoms with Crippen LogP contribution in [0.5, 0.6) is 0 Å². The molecule has 0 bridgehead atoms.